The van der Waals surface area contributed by atoms with Crippen LogP contribution >= 0.6 is 15.9 Å². The Hall–Kier alpha value is -1.55. The number of hydrogen-bond donors (Lipinski definition) is 1. The summed E-state index contributed by atoms with van der Waals surface area (Å²) >= 11 is 3.51. The second kappa shape index (κ2) is 6.94. The van der Waals surface area contributed by atoms with Gasteiger partial charge < -0.3 is 10.2 Å². The van der Waals surface area contributed by atoms with Gasteiger partial charge in [0.15, 0.2) is 0 Å². The van der Waals surface area contributed by atoms with Crippen LogP contribution in [0.2, 0.25) is 0 Å². The molecule has 4 heteroatoms. The number of anilines is 2. The van der Waals surface area contributed by atoms with E-state index in [1.807, 2.05) is 26.2 Å². The van der Waals surface area contributed by atoms with Crippen molar-refractivity contribution in [3.63, 3.8) is 0 Å². The highest BCUT2D eigenvalue weighted by atomic mass is 79.9. The Bertz CT molecular complexity index is 613. The lowest BCUT2D eigenvalue weighted by Crippen LogP contribution is -2.15. The van der Waals surface area contributed by atoms with E-state index >= 15 is 0 Å². The van der Waals surface area contributed by atoms with Gasteiger partial charge in [0, 0.05) is 18.6 Å². The molecule has 0 heterocycles. The standard InChI is InChI=1S/C17H20BrFN2/c1-4-15(12-6-5-7-14(19)10-12)20-16-11-13(18)8-9-17(16)21(2)3/h5-11,15,20H,4H2,1-3H3. The minimum Gasteiger partial charge on any atom is -0.377 e. The maximum atomic E-state index is 13.4. The SMILES string of the molecule is CCC(Nc1cc(Br)ccc1N(C)C)c1cccc(F)c1. The second-order valence-corrected chi connectivity index (χ2v) is 6.13. The molecule has 0 aliphatic carbocycles. The molecule has 1 N–H and O–H groups in total. The van der Waals surface area contributed by atoms with E-state index in [2.05, 4.69) is 45.2 Å². The highest BCUT2D eigenvalue weighted by Gasteiger charge is 2.13. The predicted octanol–water partition coefficient (Wildman–Crippen LogP) is 5.22. The van der Waals surface area contributed by atoms with Gasteiger partial charge in [-0.25, -0.2) is 4.39 Å². The van der Waals surface area contributed by atoms with Gasteiger partial charge in [0.2, 0.25) is 0 Å². The molecule has 0 bridgehead atoms. The summed E-state index contributed by atoms with van der Waals surface area (Å²) in [5.41, 5.74) is 3.10. The number of halogens is 2. The van der Waals surface area contributed by atoms with E-state index < -0.39 is 0 Å². The van der Waals surface area contributed by atoms with Crippen LogP contribution in [0, 0.1) is 5.82 Å². The average Bonchev–Trinajstić information content (AvgIpc) is 2.44. The summed E-state index contributed by atoms with van der Waals surface area (Å²) in [5.74, 6) is -0.199. The number of rotatable bonds is 5. The molecule has 0 fully saturated rings. The van der Waals surface area contributed by atoms with Crippen molar-refractivity contribution in [2.24, 2.45) is 0 Å². The molecule has 2 aromatic carbocycles. The largest absolute Gasteiger partial charge is 0.377 e. The number of nitrogens with zero attached hydrogens (tertiary/aromatic N) is 1. The van der Waals surface area contributed by atoms with Gasteiger partial charge in [-0.3, -0.25) is 0 Å². The molecule has 2 nitrogen and oxygen atoms in total. The summed E-state index contributed by atoms with van der Waals surface area (Å²) in [5, 5.41) is 3.52. The molecule has 0 saturated carbocycles. The van der Waals surface area contributed by atoms with Crippen LogP contribution in [-0.4, -0.2) is 14.1 Å². The first-order valence-electron chi connectivity index (χ1n) is 7.00. The zero-order valence-corrected chi connectivity index (χ0v) is 14.1. The third kappa shape index (κ3) is 3.97. The average molecular weight is 351 g/mol. The molecule has 21 heavy (non-hydrogen) atoms. The van der Waals surface area contributed by atoms with Gasteiger partial charge >= 0.3 is 0 Å². The molecule has 1 unspecified atom stereocenters. The van der Waals surface area contributed by atoms with Crippen molar-refractivity contribution in [2.75, 3.05) is 24.3 Å². The summed E-state index contributed by atoms with van der Waals surface area (Å²) in [6.45, 7) is 2.09. The van der Waals surface area contributed by atoms with Gasteiger partial charge in [0.1, 0.15) is 5.82 Å². The lowest BCUT2D eigenvalue weighted by Gasteiger charge is -2.24. The Balaban J connectivity index is 2.32. The van der Waals surface area contributed by atoms with E-state index in [9.17, 15) is 4.39 Å². The van der Waals surface area contributed by atoms with Gasteiger partial charge in [0.25, 0.3) is 0 Å². The van der Waals surface area contributed by atoms with Crippen LogP contribution in [0.1, 0.15) is 24.9 Å². The zero-order valence-electron chi connectivity index (χ0n) is 12.5. The van der Waals surface area contributed by atoms with E-state index in [1.165, 1.54) is 6.07 Å². The number of nitrogens with one attached hydrogen (secondary N) is 1. The van der Waals surface area contributed by atoms with Crippen LogP contribution in [0.4, 0.5) is 15.8 Å². The number of benzene rings is 2. The van der Waals surface area contributed by atoms with Crippen LogP contribution < -0.4 is 10.2 Å². The van der Waals surface area contributed by atoms with E-state index in [-0.39, 0.29) is 11.9 Å². The molecule has 0 amide bonds. The molecular formula is C17H20BrFN2. The zero-order chi connectivity index (χ0) is 15.4. The minimum absolute atomic E-state index is 0.0775. The topological polar surface area (TPSA) is 15.3 Å². The van der Waals surface area contributed by atoms with Gasteiger partial charge in [-0.2, -0.15) is 0 Å². The van der Waals surface area contributed by atoms with Crippen molar-refractivity contribution in [3.05, 3.63) is 58.3 Å². The van der Waals surface area contributed by atoms with E-state index in [1.54, 1.807) is 12.1 Å². The molecular weight excluding hydrogens is 331 g/mol. The van der Waals surface area contributed by atoms with Crippen molar-refractivity contribution in [3.8, 4) is 0 Å². The molecule has 0 saturated heterocycles. The first-order valence-corrected chi connectivity index (χ1v) is 7.79. The maximum absolute atomic E-state index is 13.4. The summed E-state index contributed by atoms with van der Waals surface area (Å²) in [7, 11) is 4.02. The summed E-state index contributed by atoms with van der Waals surface area (Å²) < 4.78 is 14.4. The van der Waals surface area contributed by atoms with Gasteiger partial charge in [-0.15, -0.1) is 0 Å². The Kier molecular flexibility index (Phi) is 5.23. The van der Waals surface area contributed by atoms with Crippen molar-refractivity contribution in [1.82, 2.24) is 0 Å². The Morgan fingerprint density at radius 3 is 2.57 bits per heavy atom. The Labute approximate surface area is 134 Å². The van der Waals surface area contributed by atoms with Gasteiger partial charge in [0.05, 0.1) is 17.4 Å². The summed E-state index contributed by atoms with van der Waals surface area (Å²) in [4.78, 5) is 2.06. The molecule has 0 aromatic heterocycles. The van der Waals surface area contributed by atoms with Crippen LogP contribution in [0.15, 0.2) is 46.9 Å². The van der Waals surface area contributed by atoms with E-state index in [0.29, 0.717) is 0 Å². The third-order valence-corrected chi connectivity index (χ3v) is 3.92. The molecule has 2 aromatic rings. The van der Waals surface area contributed by atoms with Gasteiger partial charge in [-0.05, 0) is 42.3 Å². The van der Waals surface area contributed by atoms with E-state index in [0.717, 1.165) is 27.8 Å². The normalized spacial score (nSPS) is 12.0. The lowest BCUT2D eigenvalue weighted by atomic mass is 10.0. The summed E-state index contributed by atoms with van der Waals surface area (Å²) in [6.07, 6.45) is 0.878. The Morgan fingerprint density at radius 1 is 1.19 bits per heavy atom. The van der Waals surface area contributed by atoms with Crippen molar-refractivity contribution >= 4 is 27.3 Å². The third-order valence-electron chi connectivity index (χ3n) is 3.43. The quantitative estimate of drug-likeness (QED) is 0.795. The minimum atomic E-state index is -0.199. The van der Waals surface area contributed by atoms with Crippen molar-refractivity contribution < 1.29 is 4.39 Å². The molecule has 0 radical (unpaired) electrons. The highest BCUT2D eigenvalue weighted by Crippen LogP contribution is 2.32. The van der Waals surface area contributed by atoms with Crippen LogP contribution in [-0.2, 0) is 0 Å². The van der Waals surface area contributed by atoms with Crippen molar-refractivity contribution in [1.29, 1.82) is 0 Å². The molecule has 0 aliphatic heterocycles. The molecule has 2 rings (SSSR count). The van der Waals surface area contributed by atoms with Crippen molar-refractivity contribution in [2.45, 2.75) is 19.4 Å². The van der Waals surface area contributed by atoms with Crippen LogP contribution in [0.3, 0.4) is 0 Å². The maximum Gasteiger partial charge on any atom is 0.123 e. The predicted molar refractivity (Wildman–Crippen MR) is 91.5 cm³/mol. The van der Waals surface area contributed by atoms with Crippen LogP contribution in [0.5, 0.6) is 0 Å². The molecule has 112 valence electrons. The fraction of sp³-hybridized carbons (Fsp3) is 0.294. The smallest absolute Gasteiger partial charge is 0.123 e. The monoisotopic (exact) mass is 350 g/mol. The van der Waals surface area contributed by atoms with E-state index in [4.69, 9.17) is 0 Å². The molecule has 0 aliphatic rings. The molecule has 1 atom stereocenters. The first-order chi connectivity index (χ1) is 10.0. The fourth-order valence-corrected chi connectivity index (χ4v) is 2.71. The number of hydrogen-bond acceptors (Lipinski definition) is 2. The second-order valence-electron chi connectivity index (χ2n) is 5.22. The molecule has 0 spiro atoms. The Morgan fingerprint density at radius 2 is 1.95 bits per heavy atom. The van der Waals surface area contributed by atoms with Crippen LogP contribution in [0.25, 0.3) is 0 Å². The summed E-state index contributed by atoms with van der Waals surface area (Å²) in [6, 6.07) is 13.0. The lowest BCUT2D eigenvalue weighted by molar-refractivity contribution is 0.621. The van der Waals surface area contributed by atoms with Gasteiger partial charge in [-0.1, -0.05) is 35.0 Å². The fourth-order valence-electron chi connectivity index (χ4n) is 2.35. The first kappa shape index (κ1) is 15.8. The highest BCUT2D eigenvalue weighted by molar-refractivity contribution is 9.10.